The molecule has 27 heavy (non-hydrogen) atoms. The summed E-state index contributed by atoms with van der Waals surface area (Å²) in [6, 6.07) is 1.09. The first-order valence-corrected chi connectivity index (χ1v) is 11.5. The summed E-state index contributed by atoms with van der Waals surface area (Å²) < 4.78 is 24.9. The molecule has 0 aliphatic carbocycles. The molecule has 0 saturated heterocycles. The second kappa shape index (κ2) is 15.8. The van der Waals surface area contributed by atoms with Crippen molar-refractivity contribution in [1.29, 1.82) is 0 Å². The maximum atomic E-state index is 11.7. The summed E-state index contributed by atoms with van der Waals surface area (Å²) >= 11 is 0. The van der Waals surface area contributed by atoms with Gasteiger partial charge in [-0.25, -0.2) is 12.7 Å². The minimum Gasteiger partial charge on any atom is -0.357 e. The molecule has 0 aromatic rings. The van der Waals surface area contributed by atoms with Crippen LogP contribution >= 0.6 is 24.0 Å². The second-order valence-electron chi connectivity index (χ2n) is 7.04. The molecular weight excluding hydrogens is 477 g/mol. The number of aliphatic imine (C=N–C) groups is 1. The minimum atomic E-state index is -3.09. The molecule has 7 nitrogen and oxygen atoms in total. The summed E-state index contributed by atoms with van der Waals surface area (Å²) in [6.07, 6.45) is 1.76. The van der Waals surface area contributed by atoms with E-state index in [0.717, 1.165) is 38.4 Å². The van der Waals surface area contributed by atoms with E-state index >= 15 is 0 Å². The molecule has 0 aromatic carbocycles. The number of sulfonamides is 1. The van der Waals surface area contributed by atoms with Gasteiger partial charge in [0.2, 0.25) is 10.0 Å². The number of nitrogens with zero attached hydrogens (tertiary/aromatic N) is 3. The van der Waals surface area contributed by atoms with Gasteiger partial charge in [-0.1, -0.05) is 0 Å². The van der Waals surface area contributed by atoms with Crippen LogP contribution in [0.25, 0.3) is 0 Å². The Balaban J connectivity index is 0. The second-order valence-corrected chi connectivity index (χ2v) is 9.41. The largest absolute Gasteiger partial charge is 0.357 e. The average molecular weight is 520 g/mol. The molecule has 0 aliphatic rings. The number of hydrogen-bond acceptors (Lipinski definition) is 4. The monoisotopic (exact) mass is 519 g/mol. The Labute approximate surface area is 184 Å². The first-order chi connectivity index (χ1) is 12.2. The van der Waals surface area contributed by atoms with Crippen LogP contribution in [0.1, 0.15) is 54.4 Å². The molecule has 0 aliphatic heterocycles. The average Bonchev–Trinajstić information content (AvgIpc) is 2.57. The fourth-order valence-electron chi connectivity index (χ4n) is 2.77. The van der Waals surface area contributed by atoms with Crippen molar-refractivity contribution in [2.75, 3.05) is 45.5 Å². The lowest BCUT2D eigenvalue weighted by molar-refractivity contribution is 0.174. The van der Waals surface area contributed by atoms with Gasteiger partial charge < -0.3 is 10.6 Å². The third-order valence-electron chi connectivity index (χ3n) is 4.30. The summed E-state index contributed by atoms with van der Waals surface area (Å²) in [4.78, 5) is 7.09. The van der Waals surface area contributed by atoms with Crippen molar-refractivity contribution in [3.8, 4) is 0 Å². The van der Waals surface area contributed by atoms with Gasteiger partial charge in [0, 0.05) is 51.9 Å². The Morgan fingerprint density at radius 3 is 2.07 bits per heavy atom. The molecule has 0 rings (SSSR count). The van der Waals surface area contributed by atoms with Crippen LogP contribution in [0.2, 0.25) is 0 Å². The van der Waals surface area contributed by atoms with Crippen LogP contribution in [0.15, 0.2) is 4.99 Å². The number of rotatable bonds is 13. The van der Waals surface area contributed by atoms with Crippen molar-refractivity contribution < 1.29 is 8.42 Å². The molecule has 0 atom stereocenters. The Bertz CT molecular complexity index is 490. The van der Waals surface area contributed by atoms with E-state index in [2.05, 4.69) is 48.2 Å². The Hall–Kier alpha value is -0.130. The summed E-state index contributed by atoms with van der Waals surface area (Å²) in [5.41, 5.74) is 0. The summed E-state index contributed by atoms with van der Waals surface area (Å²) in [7, 11) is -1.46. The van der Waals surface area contributed by atoms with Crippen molar-refractivity contribution in [1.82, 2.24) is 19.8 Å². The molecule has 0 unspecified atom stereocenters. The van der Waals surface area contributed by atoms with E-state index in [9.17, 15) is 8.42 Å². The molecule has 0 saturated carbocycles. The zero-order valence-corrected chi connectivity index (χ0v) is 21.4. The lowest BCUT2D eigenvalue weighted by atomic mass is 10.2. The standard InChI is InChI=1S/C18H41N5O2S.HI/c1-8-19-18(20-12-10-14-22(7)26(24,25)9-2)21-13-11-15-23(16(3)4)17(5)6;/h16-17H,8-15H2,1-7H3,(H2,19,20,21);1H. The van der Waals surface area contributed by atoms with Crippen LogP contribution < -0.4 is 10.6 Å². The van der Waals surface area contributed by atoms with Gasteiger partial charge in [-0.15, -0.1) is 24.0 Å². The molecule has 0 heterocycles. The van der Waals surface area contributed by atoms with E-state index in [1.165, 1.54) is 4.31 Å². The maximum absolute atomic E-state index is 11.7. The normalized spacial score (nSPS) is 12.8. The van der Waals surface area contributed by atoms with Gasteiger partial charge in [-0.3, -0.25) is 9.89 Å². The molecule has 0 radical (unpaired) electrons. The number of guanidine groups is 1. The van der Waals surface area contributed by atoms with Crippen LogP contribution in [0, 0.1) is 0 Å². The molecule has 0 fully saturated rings. The van der Waals surface area contributed by atoms with E-state index in [-0.39, 0.29) is 29.7 Å². The van der Waals surface area contributed by atoms with E-state index in [1.807, 2.05) is 6.92 Å². The predicted octanol–water partition coefficient (Wildman–Crippen LogP) is 2.34. The highest BCUT2D eigenvalue weighted by Crippen LogP contribution is 2.05. The van der Waals surface area contributed by atoms with Crippen LogP contribution in [-0.2, 0) is 10.0 Å². The van der Waals surface area contributed by atoms with Gasteiger partial charge in [-0.05, 0) is 54.4 Å². The highest BCUT2D eigenvalue weighted by molar-refractivity contribution is 14.0. The van der Waals surface area contributed by atoms with Gasteiger partial charge >= 0.3 is 0 Å². The van der Waals surface area contributed by atoms with Crippen molar-refractivity contribution in [2.24, 2.45) is 4.99 Å². The van der Waals surface area contributed by atoms with Crippen molar-refractivity contribution in [3.63, 3.8) is 0 Å². The molecular formula is C18H42IN5O2S. The van der Waals surface area contributed by atoms with Crippen molar-refractivity contribution >= 4 is 40.0 Å². The smallest absolute Gasteiger partial charge is 0.213 e. The predicted molar refractivity (Wildman–Crippen MR) is 128 cm³/mol. The van der Waals surface area contributed by atoms with Gasteiger partial charge in [0.1, 0.15) is 0 Å². The van der Waals surface area contributed by atoms with E-state index in [4.69, 9.17) is 0 Å². The zero-order valence-electron chi connectivity index (χ0n) is 18.3. The number of nitrogens with one attached hydrogen (secondary N) is 2. The summed E-state index contributed by atoms with van der Waals surface area (Å²) in [6.45, 7) is 16.4. The molecule has 164 valence electrons. The van der Waals surface area contributed by atoms with Crippen LogP contribution in [0.5, 0.6) is 0 Å². The van der Waals surface area contributed by atoms with Crippen molar-refractivity contribution in [2.45, 2.75) is 66.5 Å². The maximum Gasteiger partial charge on any atom is 0.213 e. The molecule has 9 heteroatoms. The lowest BCUT2D eigenvalue weighted by Gasteiger charge is -2.30. The topological polar surface area (TPSA) is 77.0 Å². The Kier molecular flexibility index (Phi) is 17.0. The van der Waals surface area contributed by atoms with Gasteiger partial charge in [-0.2, -0.15) is 0 Å². The molecule has 2 N–H and O–H groups in total. The molecule has 0 spiro atoms. The molecule has 0 amide bonds. The summed E-state index contributed by atoms with van der Waals surface area (Å²) in [5.74, 6) is 0.944. The zero-order chi connectivity index (χ0) is 20.2. The van der Waals surface area contributed by atoms with Gasteiger partial charge in [0.05, 0.1) is 5.75 Å². The van der Waals surface area contributed by atoms with Crippen LogP contribution in [-0.4, -0.2) is 81.2 Å². The quantitative estimate of drug-likeness (QED) is 0.169. The first-order valence-electron chi connectivity index (χ1n) is 9.87. The molecule has 0 bridgehead atoms. The van der Waals surface area contributed by atoms with Gasteiger partial charge in [0.15, 0.2) is 5.96 Å². The SMILES string of the molecule is CCNC(=NCCCN(C(C)C)C(C)C)NCCCN(C)S(=O)(=O)CC.I. The minimum absolute atomic E-state index is 0. The Morgan fingerprint density at radius 2 is 1.59 bits per heavy atom. The Morgan fingerprint density at radius 1 is 1.00 bits per heavy atom. The third-order valence-corrected chi connectivity index (χ3v) is 6.16. The number of hydrogen-bond donors (Lipinski definition) is 2. The van der Waals surface area contributed by atoms with E-state index in [0.29, 0.717) is 25.2 Å². The highest BCUT2D eigenvalue weighted by atomic mass is 127. The van der Waals surface area contributed by atoms with E-state index < -0.39 is 10.0 Å². The number of halogens is 1. The fraction of sp³-hybridized carbons (Fsp3) is 0.944. The van der Waals surface area contributed by atoms with E-state index in [1.54, 1.807) is 14.0 Å². The van der Waals surface area contributed by atoms with Crippen molar-refractivity contribution in [3.05, 3.63) is 0 Å². The molecule has 0 aromatic heterocycles. The van der Waals surface area contributed by atoms with Crippen LogP contribution in [0.3, 0.4) is 0 Å². The van der Waals surface area contributed by atoms with Crippen LogP contribution in [0.4, 0.5) is 0 Å². The first kappa shape index (κ1) is 29.1. The fourth-order valence-corrected chi connectivity index (χ4v) is 3.61. The van der Waals surface area contributed by atoms with Gasteiger partial charge in [0.25, 0.3) is 0 Å². The third kappa shape index (κ3) is 12.8. The summed E-state index contributed by atoms with van der Waals surface area (Å²) in [5, 5.41) is 6.52. The highest BCUT2D eigenvalue weighted by Gasteiger charge is 2.14. The lowest BCUT2D eigenvalue weighted by Crippen LogP contribution is -2.40.